The highest BCUT2D eigenvalue weighted by atomic mass is 32.3. The molecule has 1 rings (SSSR count). The van der Waals surface area contributed by atoms with Crippen molar-refractivity contribution in [3.05, 3.63) is 28.8 Å². The van der Waals surface area contributed by atoms with Gasteiger partial charge in [0.15, 0.2) is 5.75 Å². The number of alkyl halides is 2. The van der Waals surface area contributed by atoms with E-state index >= 15 is 0 Å². The number of methoxy groups -OCH3 is 2. The van der Waals surface area contributed by atoms with E-state index in [-0.39, 0.29) is 29.8 Å². The molecule has 12 heteroatoms. The second-order valence-corrected chi connectivity index (χ2v) is 10.0. The Morgan fingerprint density at radius 2 is 1.37 bits per heavy atom. The van der Waals surface area contributed by atoms with Crippen LogP contribution >= 0.6 is 0 Å². The Balaban J connectivity index is 3.66. The zero-order valence-corrected chi connectivity index (χ0v) is 17.1. The molecule has 0 saturated carbocycles. The van der Waals surface area contributed by atoms with Crippen molar-refractivity contribution < 1.29 is 43.8 Å². The van der Waals surface area contributed by atoms with Gasteiger partial charge >= 0.3 is 24.8 Å². The summed E-state index contributed by atoms with van der Waals surface area (Å²) in [6.07, 6.45) is 0. The van der Waals surface area contributed by atoms with Crippen molar-refractivity contribution in [2.45, 2.75) is 44.0 Å². The molecular weight excluding hydrogens is 410 g/mol. The highest BCUT2D eigenvalue weighted by molar-refractivity contribution is 8.05. The third-order valence-corrected chi connectivity index (χ3v) is 6.31. The van der Waals surface area contributed by atoms with Crippen LogP contribution in [0.3, 0.4) is 0 Å². The van der Waals surface area contributed by atoms with Crippen molar-refractivity contribution >= 4 is 20.2 Å². The van der Waals surface area contributed by atoms with E-state index in [9.17, 15) is 25.6 Å². The summed E-state index contributed by atoms with van der Waals surface area (Å²) in [5.41, 5.74) is 0.507. The maximum atomic E-state index is 13.7. The van der Waals surface area contributed by atoms with Crippen LogP contribution in [0.5, 0.6) is 5.75 Å². The van der Waals surface area contributed by atoms with Crippen molar-refractivity contribution in [1.29, 1.82) is 0 Å². The molecule has 156 valence electrons. The quantitative estimate of drug-likeness (QED) is 0.492. The minimum Gasteiger partial charge on any atom is -0.380 e. The van der Waals surface area contributed by atoms with Crippen LogP contribution in [0.15, 0.2) is 12.1 Å². The molecule has 0 heterocycles. The van der Waals surface area contributed by atoms with Crippen LogP contribution in [-0.2, 0) is 48.3 Å². The lowest BCUT2D eigenvalue weighted by atomic mass is 9.85. The third kappa shape index (κ3) is 5.13. The van der Waals surface area contributed by atoms with E-state index in [1.54, 1.807) is 0 Å². The number of hydrogen-bond acceptors (Lipinski definition) is 7. The monoisotopic (exact) mass is 432 g/mol. The summed E-state index contributed by atoms with van der Waals surface area (Å²) < 4.78 is 90.1. The molecule has 27 heavy (non-hydrogen) atoms. The first-order valence-corrected chi connectivity index (χ1v) is 10.4. The molecule has 0 bridgehead atoms. The summed E-state index contributed by atoms with van der Waals surface area (Å²) in [5.74, 6) is -0.546. The molecule has 0 saturated heterocycles. The molecule has 0 spiro atoms. The van der Waals surface area contributed by atoms with Crippen LogP contribution in [0.2, 0.25) is 0 Å². The number of hydrogen-bond donors (Lipinski definition) is 1. The molecule has 1 N–H and O–H groups in total. The Morgan fingerprint density at radius 3 is 1.67 bits per heavy atom. The molecular formula is C15H22F2O8S2. The highest BCUT2D eigenvalue weighted by Gasteiger charge is 2.60. The molecule has 1 aromatic carbocycles. The van der Waals surface area contributed by atoms with Crippen LogP contribution < -0.4 is 4.18 Å². The molecule has 0 amide bonds. The molecule has 0 unspecified atom stereocenters. The molecule has 0 aliphatic rings. The predicted octanol–water partition coefficient (Wildman–Crippen LogP) is 2.42. The maximum absolute atomic E-state index is 13.7. The molecule has 8 nitrogen and oxygen atoms in total. The molecule has 0 aromatic heterocycles. The van der Waals surface area contributed by atoms with Gasteiger partial charge < -0.3 is 13.7 Å². The first-order chi connectivity index (χ1) is 12.1. The molecule has 0 atom stereocenters. The van der Waals surface area contributed by atoms with Crippen molar-refractivity contribution in [1.82, 2.24) is 0 Å². The van der Waals surface area contributed by atoms with Gasteiger partial charge in [-0.2, -0.15) is 25.6 Å². The summed E-state index contributed by atoms with van der Waals surface area (Å²) in [6, 6.07) is 3.00. The van der Waals surface area contributed by atoms with E-state index in [0.29, 0.717) is 5.56 Å². The van der Waals surface area contributed by atoms with Gasteiger partial charge in [0.2, 0.25) is 0 Å². The summed E-state index contributed by atoms with van der Waals surface area (Å²) >= 11 is 0. The smallest absolute Gasteiger partial charge is 0.380 e. The Bertz CT molecular complexity index is 860. The van der Waals surface area contributed by atoms with Gasteiger partial charge in [0.05, 0.1) is 13.2 Å². The summed E-state index contributed by atoms with van der Waals surface area (Å²) in [5, 5.41) is 0. The zero-order valence-electron chi connectivity index (χ0n) is 15.4. The van der Waals surface area contributed by atoms with Gasteiger partial charge in [-0.3, -0.25) is 4.55 Å². The van der Waals surface area contributed by atoms with Gasteiger partial charge in [0.1, 0.15) is 0 Å². The summed E-state index contributed by atoms with van der Waals surface area (Å²) in [4.78, 5) is 0. The fourth-order valence-corrected chi connectivity index (χ4v) is 3.77. The summed E-state index contributed by atoms with van der Waals surface area (Å²) in [6.45, 7) is 5.21. The fourth-order valence-electron chi connectivity index (χ4n) is 2.11. The van der Waals surface area contributed by atoms with Crippen molar-refractivity contribution in [2.75, 3.05) is 14.2 Å². The SMILES string of the molecule is COCc1cc(C(C)(C)C)cc(COC)c1OS(=O)(=O)C(F)(F)S(=O)(=O)O. The largest absolute Gasteiger partial charge is 0.506 e. The highest BCUT2D eigenvalue weighted by Crippen LogP contribution is 2.37. The number of rotatable bonds is 8. The van der Waals surface area contributed by atoms with Gasteiger partial charge in [-0.1, -0.05) is 20.8 Å². The fraction of sp³-hybridized carbons (Fsp3) is 0.600. The Morgan fingerprint density at radius 1 is 0.963 bits per heavy atom. The Hall–Kier alpha value is -1.34. The van der Waals surface area contributed by atoms with E-state index in [2.05, 4.69) is 4.18 Å². The van der Waals surface area contributed by atoms with E-state index < -0.39 is 30.6 Å². The molecule has 0 radical (unpaired) electrons. The van der Waals surface area contributed by atoms with Crippen molar-refractivity contribution in [3.63, 3.8) is 0 Å². The second-order valence-electron chi connectivity index (χ2n) is 6.72. The third-order valence-electron chi connectivity index (χ3n) is 3.49. The van der Waals surface area contributed by atoms with Crippen LogP contribution in [0, 0.1) is 0 Å². The number of halogens is 2. The van der Waals surface area contributed by atoms with E-state index in [4.69, 9.17) is 14.0 Å². The predicted molar refractivity (Wildman–Crippen MR) is 92.6 cm³/mol. The Kier molecular flexibility index (Phi) is 6.98. The first-order valence-electron chi connectivity index (χ1n) is 7.51. The molecule has 0 aliphatic heterocycles. The Labute approximate surface area is 157 Å². The van der Waals surface area contributed by atoms with E-state index in [1.807, 2.05) is 20.8 Å². The van der Waals surface area contributed by atoms with Gasteiger partial charge in [-0.25, -0.2) is 0 Å². The van der Waals surface area contributed by atoms with E-state index in [0.717, 1.165) is 0 Å². The molecule has 0 aliphatic carbocycles. The van der Waals surface area contributed by atoms with Crippen LogP contribution in [-0.4, -0.2) is 40.2 Å². The topological polar surface area (TPSA) is 116 Å². The molecule has 0 fully saturated rings. The van der Waals surface area contributed by atoms with Crippen molar-refractivity contribution in [3.8, 4) is 5.75 Å². The minimum atomic E-state index is -6.27. The number of benzene rings is 1. The molecule has 1 aromatic rings. The first kappa shape index (κ1) is 23.7. The maximum Gasteiger partial charge on any atom is 0.506 e. The lowest BCUT2D eigenvalue weighted by molar-refractivity contribution is 0.152. The number of ether oxygens (including phenoxy) is 2. The normalized spacial score (nSPS) is 13.6. The summed E-state index contributed by atoms with van der Waals surface area (Å²) in [7, 11) is -9.76. The van der Waals surface area contributed by atoms with Gasteiger partial charge in [0, 0.05) is 25.3 Å². The zero-order chi connectivity index (χ0) is 21.3. The lowest BCUT2D eigenvalue weighted by Crippen LogP contribution is -2.40. The van der Waals surface area contributed by atoms with E-state index in [1.165, 1.54) is 26.4 Å². The van der Waals surface area contributed by atoms with Crippen LogP contribution in [0.4, 0.5) is 8.78 Å². The lowest BCUT2D eigenvalue weighted by Gasteiger charge is -2.24. The van der Waals surface area contributed by atoms with Gasteiger partial charge in [-0.05, 0) is 23.1 Å². The second kappa shape index (κ2) is 7.95. The average molecular weight is 432 g/mol. The standard InChI is InChI=1S/C15H22F2O8S2/c1-14(2,3)12-6-10(8-23-4)13(11(7-12)9-24-5)25-27(21,22)15(16,17)26(18,19)20/h6-7H,8-9H2,1-5H3,(H,18,19,20). The minimum absolute atomic E-state index is 0.0895. The van der Waals surface area contributed by atoms with Crippen LogP contribution in [0.25, 0.3) is 0 Å². The van der Waals surface area contributed by atoms with Crippen molar-refractivity contribution in [2.24, 2.45) is 0 Å². The van der Waals surface area contributed by atoms with Crippen LogP contribution in [0.1, 0.15) is 37.5 Å². The van der Waals surface area contributed by atoms with Gasteiger partial charge in [-0.15, -0.1) is 0 Å². The average Bonchev–Trinajstić information content (AvgIpc) is 2.48. The van der Waals surface area contributed by atoms with Gasteiger partial charge in [0.25, 0.3) is 0 Å².